The summed E-state index contributed by atoms with van der Waals surface area (Å²) in [6, 6.07) is 15.7. The maximum Gasteiger partial charge on any atom is 0.264 e. The second-order valence-corrected chi connectivity index (χ2v) is 4.42. The molecule has 2 aromatic rings. The molecule has 0 aromatic heterocycles. The third-order valence-corrected chi connectivity index (χ3v) is 3.03. The Morgan fingerprint density at radius 2 is 1.57 bits per heavy atom. The number of alkyl halides is 3. The average molecular weight is 287 g/mol. The zero-order chi connectivity index (χ0) is 15.2. The smallest absolute Gasteiger partial charge is 0.238 e. The maximum absolute atomic E-state index is 14.2. The first-order chi connectivity index (χ1) is 10.1. The Morgan fingerprint density at radius 3 is 2.10 bits per heavy atom. The van der Waals surface area contributed by atoms with E-state index >= 15 is 0 Å². The number of rotatable bonds is 4. The lowest BCUT2D eigenvalue weighted by Crippen LogP contribution is -1.99. The van der Waals surface area contributed by atoms with E-state index in [1.165, 1.54) is 36.4 Å². The first-order valence-electron chi connectivity index (χ1n) is 6.31. The normalized spacial score (nSPS) is 13.0. The summed E-state index contributed by atoms with van der Waals surface area (Å²) in [7, 11) is 0. The van der Waals surface area contributed by atoms with Crippen LogP contribution in [0, 0.1) is 11.3 Å². The van der Waals surface area contributed by atoms with Crippen molar-refractivity contribution < 1.29 is 13.2 Å². The second kappa shape index (κ2) is 6.76. The third kappa shape index (κ3) is 3.73. The number of allylic oxidation sites excluding steroid dienone is 2. The van der Waals surface area contributed by atoms with Crippen LogP contribution >= 0.6 is 0 Å². The number of nitriles is 1. The number of nitrogens with zero attached hydrogens (tertiary/aromatic N) is 1. The number of benzene rings is 2. The van der Waals surface area contributed by atoms with Gasteiger partial charge in [0.25, 0.3) is 6.43 Å². The van der Waals surface area contributed by atoms with Crippen LogP contribution in [0.3, 0.4) is 0 Å². The van der Waals surface area contributed by atoms with Gasteiger partial charge in [0.05, 0.1) is 11.6 Å². The van der Waals surface area contributed by atoms with Crippen LogP contribution in [0.25, 0.3) is 5.57 Å². The summed E-state index contributed by atoms with van der Waals surface area (Å²) >= 11 is 0. The highest BCUT2D eigenvalue weighted by atomic mass is 19.3. The molecule has 0 fully saturated rings. The molecule has 0 aliphatic heterocycles. The van der Waals surface area contributed by atoms with E-state index in [-0.39, 0.29) is 11.1 Å². The zero-order valence-electron chi connectivity index (χ0n) is 11.0. The Kier molecular flexibility index (Phi) is 4.78. The van der Waals surface area contributed by atoms with Crippen molar-refractivity contribution in [3.63, 3.8) is 0 Å². The van der Waals surface area contributed by atoms with Crippen LogP contribution in [0.15, 0.2) is 60.7 Å². The lowest BCUT2D eigenvalue weighted by molar-refractivity contribution is 0.214. The predicted molar refractivity (Wildman–Crippen MR) is 75.4 cm³/mol. The molecule has 0 heterocycles. The minimum atomic E-state index is -2.76. The molecule has 1 nitrogen and oxygen atoms in total. The molecule has 0 bridgehead atoms. The van der Waals surface area contributed by atoms with Crippen molar-refractivity contribution in [2.24, 2.45) is 0 Å². The van der Waals surface area contributed by atoms with E-state index in [9.17, 15) is 13.2 Å². The summed E-state index contributed by atoms with van der Waals surface area (Å²) in [5.41, 5.74) is 0.589. The Labute approximate surface area is 121 Å². The van der Waals surface area contributed by atoms with Gasteiger partial charge in [-0.15, -0.1) is 0 Å². The molecule has 1 atom stereocenters. The largest absolute Gasteiger partial charge is 0.264 e. The summed E-state index contributed by atoms with van der Waals surface area (Å²) < 4.78 is 40.4. The zero-order valence-corrected chi connectivity index (χ0v) is 11.0. The van der Waals surface area contributed by atoms with Crippen LogP contribution in [-0.4, -0.2) is 6.43 Å². The van der Waals surface area contributed by atoms with Crippen LogP contribution in [0.1, 0.15) is 22.9 Å². The minimum Gasteiger partial charge on any atom is -0.238 e. The number of hydrogen-bond donors (Lipinski definition) is 0. The van der Waals surface area contributed by atoms with Crippen molar-refractivity contribution in [1.29, 1.82) is 5.26 Å². The predicted octanol–water partition coefficient (Wildman–Crippen LogP) is 4.92. The highest BCUT2D eigenvalue weighted by Gasteiger charge is 2.17. The molecule has 21 heavy (non-hydrogen) atoms. The minimum absolute atomic E-state index is 0.239. The van der Waals surface area contributed by atoms with Gasteiger partial charge in [0.15, 0.2) is 0 Å². The van der Waals surface area contributed by atoms with E-state index < -0.39 is 12.6 Å². The van der Waals surface area contributed by atoms with Crippen molar-refractivity contribution in [2.45, 2.75) is 12.6 Å². The molecule has 4 heteroatoms. The van der Waals surface area contributed by atoms with Gasteiger partial charge in [0.2, 0.25) is 0 Å². The second-order valence-electron chi connectivity index (χ2n) is 4.42. The molecule has 0 N–H and O–H groups in total. The van der Waals surface area contributed by atoms with Crippen LogP contribution in [0.5, 0.6) is 0 Å². The van der Waals surface area contributed by atoms with E-state index in [0.29, 0.717) is 11.1 Å². The Bertz CT molecular complexity index is 655. The Hall–Kier alpha value is -2.54. The van der Waals surface area contributed by atoms with Crippen molar-refractivity contribution in [3.05, 3.63) is 77.4 Å². The molecular weight excluding hydrogens is 275 g/mol. The van der Waals surface area contributed by atoms with Gasteiger partial charge in [0, 0.05) is 5.57 Å². The quantitative estimate of drug-likeness (QED) is 0.783. The van der Waals surface area contributed by atoms with Gasteiger partial charge in [0.1, 0.15) is 6.17 Å². The van der Waals surface area contributed by atoms with Crippen molar-refractivity contribution in [1.82, 2.24) is 0 Å². The SMILES string of the molecule is N#Cc1ccc(C(F)C=C(c2ccccc2)C(F)F)cc1. The Balaban J connectivity index is 2.31. The van der Waals surface area contributed by atoms with E-state index in [1.54, 1.807) is 18.2 Å². The van der Waals surface area contributed by atoms with Gasteiger partial charge >= 0.3 is 0 Å². The maximum atomic E-state index is 14.2. The molecule has 0 radical (unpaired) electrons. The van der Waals surface area contributed by atoms with Crippen LogP contribution in [-0.2, 0) is 0 Å². The van der Waals surface area contributed by atoms with E-state index in [0.717, 1.165) is 6.08 Å². The average Bonchev–Trinajstić information content (AvgIpc) is 2.53. The molecule has 0 saturated carbocycles. The fourth-order valence-electron chi connectivity index (χ4n) is 1.92. The number of hydrogen-bond acceptors (Lipinski definition) is 1. The lowest BCUT2D eigenvalue weighted by atomic mass is 10.0. The van der Waals surface area contributed by atoms with Gasteiger partial charge < -0.3 is 0 Å². The van der Waals surface area contributed by atoms with Gasteiger partial charge in [-0.3, -0.25) is 0 Å². The van der Waals surface area contributed by atoms with Gasteiger partial charge in [-0.05, 0) is 29.3 Å². The molecular formula is C17H12F3N. The molecule has 1 unspecified atom stereocenters. The van der Waals surface area contributed by atoms with E-state index in [4.69, 9.17) is 5.26 Å². The molecule has 0 aliphatic rings. The van der Waals surface area contributed by atoms with Crippen LogP contribution in [0.2, 0.25) is 0 Å². The van der Waals surface area contributed by atoms with Gasteiger partial charge in [-0.25, -0.2) is 13.2 Å². The summed E-state index contributed by atoms with van der Waals surface area (Å²) in [6.45, 7) is 0. The monoisotopic (exact) mass is 287 g/mol. The Morgan fingerprint density at radius 1 is 0.952 bits per heavy atom. The highest BCUT2D eigenvalue weighted by molar-refractivity contribution is 5.68. The molecule has 0 spiro atoms. The first kappa shape index (κ1) is 14.9. The van der Waals surface area contributed by atoms with Crippen molar-refractivity contribution in [2.75, 3.05) is 0 Å². The van der Waals surface area contributed by atoms with Crippen LogP contribution in [0.4, 0.5) is 13.2 Å². The highest BCUT2D eigenvalue weighted by Crippen LogP contribution is 2.28. The molecule has 106 valence electrons. The third-order valence-electron chi connectivity index (χ3n) is 3.03. The van der Waals surface area contributed by atoms with E-state index in [2.05, 4.69) is 0 Å². The fourth-order valence-corrected chi connectivity index (χ4v) is 1.92. The standard InChI is InChI=1S/C17H12F3N/c18-16(14-8-6-12(11-21)7-9-14)10-15(17(19)20)13-4-2-1-3-5-13/h1-10,16-17H. The first-order valence-corrected chi connectivity index (χ1v) is 6.31. The van der Waals surface area contributed by atoms with Crippen molar-refractivity contribution in [3.8, 4) is 6.07 Å². The van der Waals surface area contributed by atoms with Gasteiger partial charge in [-0.1, -0.05) is 42.5 Å². The summed E-state index contributed by atoms with van der Waals surface area (Å²) in [4.78, 5) is 0. The molecule has 0 saturated heterocycles. The van der Waals surface area contributed by atoms with Crippen molar-refractivity contribution >= 4 is 5.57 Å². The van der Waals surface area contributed by atoms with Crippen LogP contribution < -0.4 is 0 Å². The molecule has 2 aromatic carbocycles. The fraction of sp³-hybridized carbons (Fsp3) is 0.118. The van der Waals surface area contributed by atoms with E-state index in [1.807, 2.05) is 6.07 Å². The molecule has 2 rings (SSSR count). The van der Waals surface area contributed by atoms with Gasteiger partial charge in [-0.2, -0.15) is 5.26 Å². The number of halogens is 3. The summed E-state index contributed by atoms with van der Waals surface area (Å²) in [5.74, 6) is 0. The molecule has 0 aliphatic carbocycles. The molecule has 0 amide bonds. The topological polar surface area (TPSA) is 23.8 Å². The summed E-state index contributed by atoms with van der Waals surface area (Å²) in [6.07, 6.45) is -3.49. The lowest BCUT2D eigenvalue weighted by Gasteiger charge is -2.10. The summed E-state index contributed by atoms with van der Waals surface area (Å²) in [5, 5.41) is 8.68.